The van der Waals surface area contributed by atoms with Crippen molar-refractivity contribution in [3.05, 3.63) is 29.8 Å². The highest BCUT2D eigenvalue weighted by Gasteiger charge is 2.14. The van der Waals surface area contributed by atoms with Crippen molar-refractivity contribution in [2.75, 3.05) is 51.1 Å². The average molecular weight is 459 g/mol. The number of halogens is 1. The number of nitrogens with two attached hydrogens (primary N) is 1. The van der Waals surface area contributed by atoms with E-state index in [1.165, 1.54) is 51.3 Å². The number of nitrogens with one attached hydrogen (secondary N) is 1. The first kappa shape index (κ1) is 22.2. The number of aryl methyl sites for hydroxylation is 1. The van der Waals surface area contributed by atoms with Gasteiger partial charge in [-0.1, -0.05) is 26.0 Å². The first-order valence-electron chi connectivity index (χ1n) is 9.32. The van der Waals surface area contributed by atoms with Crippen molar-refractivity contribution < 1.29 is 0 Å². The van der Waals surface area contributed by atoms with Crippen LogP contribution in [0.3, 0.4) is 0 Å². The molecule has 1 aromatic carbocycles. The maximum Gasteiger partial charge on any atom is 0.193 e. The molecule has 0 amide bonds. The van der Waals surface area contributed by atoms with Crippen molar-refractivity contribution in [1.82, 2.24) is 9.80 Å². The van der Waals surface area contributed by atoms with E-state index in [1.54, 1.807) is 0 Å². The lowest BCUT2D eigenvalue weighted by atomic mass is 10.1. The molecule has 2 rings (SSSR count). The van der Waals surface area contributed by atoms with Crippen LogP contribution >= 0.6 is 24.0 Å². The minimum atomic E-state index is 0. The maximum atomic E-state index is 5.98. The van der Waals surface area contributed by atoms with Crippen LogP contribution in [0.5, 0.6) is 0 Å². The van der Waals surface area contributed by atoms with Gasteiger partial charge in [0, 0.05) is 38.4 Å². The van der Waals surface area contributed by atoms with E-state index in [0.717, 1.165) is 25.1 Å². The van der Waals surface area contributed by atoms with Crippen LogP contribution in [-0.2, 0) is 6.42 Å². The number of rotatable bonds is 8. The van der Waals surface area contributed by atoms with Gasteiger partial charge in [-0.05, 0) is 50.0 Å². The Morgan fingerprint density at radius 3 is 2.52 bits per heavy atom. The molecule has 25 heavy (non-hydrogen) atoms. The standard InChI is InChI=1S/C19H33N5.HI/c1-3-17-8-7-9-18(16-17)22-19(20)21-10-5-6-11-24-14-12-23(4-2)13-15-24;/h7-9,16H,3-6,10-15H2,1-2H3,(H3,20,21,22);1H. The summed E-state index contributed by atoms with van der Waals surface area (Å²) >= 11 is 0. The second-order valence-electron chi connectivity index (χ2n) is 6.43. The Kier molecular flexibility index (Phi) is 11.1. The molecule has 0 unspecified atom stereocenters. The molecule has 142 valence electrons. The van der Waals surface area contributed by atoms with Gasteiger partial charge in [-0.2, -0.15) is 0 Å². The molecule has 6 heteroatoms. The van der Waals surface area contributed by atoms with Crippen LogP contribution in [0.1, 0.15) is 32.3 Å². The van der Waals surface area contributed by atoms with Crippen LogP contribution < -0.4 is 11.1 Å². The van der Waals surface area contributed by atoms with Gasteiger partial charge in [-0.25, -0.2) is 0 Å². The smallest absolute Gasteiger partial charge is 0.193 e. The topological polar surface area (TPSA) is 56.9 Å². The molecule has 1 saturated heterocycles. The largest absolute Gasteiger partial charge is 0.370 e. The summed E-state index contributed by atoms with van der Waals surface area (Å²) in [6, 6.07) is 8.32. The Bertz CT molecular complexity index is 512. The second-order valence-corrected chi connectivity index (χ2v) is 6.43. The quantitative estimate of drug-likeness (QED) is 0.272. The highest BCUT2D eigenvalue weighted by atomic mass is 127. The van der Waals surface area contributed by atoms with Gasteiger partial charge in [-0.15, -0.1) is 24.0 Å². The van der Waals surface area contributed by atoms with E-state index in [9.17, 15) is 0 Å². The van der Waals surface area contributed by atoms with E-state index in [1.807, 2.05) is 12.1 Å². The fraction of sp³-hybridized carbons (Fsp3) is 0.632. The first-order valence-corrected chi connectivity index (χ1v) is 9.32. The van der Waals surface area contributed by atoms with Gasteiger partial charge < -0.3 is 20.9 Å². The highest BCUT2D eigenvalue weighted by molar-refractivity contribution is 14.0. The maximum absolute atomic E-state index is 5.98. The Morgan fingerprint density at radius 1 is 1.12 bits per heavy atom. The third kappa shape index (κ3) is 8.37. The predicted molar refractivity (Wildman–Crippen MR) is 119 cm³/mol. The van der Waals surface area contributed by atoms with Crippen molar-refractivity contribution in [2.45, 2.75) is 33.1 Å². The molecule has 0 aliphatic carbocycles. The molecule has 0 saturated carbocycles. The molecule has 1 aromatic rings. The minimum Gasteiger partial charge on any atom is -0.370 e. The zero-order valence-corrected chi connectivity index (χ0v) is 18.0. The van der Waals surface area contributed by atoms with Gasteiger partial charge in [0.25, 0.3) is 0 Å². The summed E-state index contributed by atoms with van der Waals surface area (Å²) in [5, 5.41) is 3.18. The predicted octanol–water partition coefficient (Wildman–Crippen LogP) is 3.01. The fourth-order valence-electron chi connectivity index (χ4n) is 3.03. The lowest BCUT2D eigenvalue weighted by molar-refractivity contribution is 0.136. The van der Waals surface area contributed by atoms with Crippen molar-refractivity contribution in [3.63, 3.8) is 0 Å². The van der Waals surface area contributed by atoms with Gasteiger partial charge in [0.1, 0.15) is 0 Å². The number of hydrogen-bond donors (Lipinski definition) is 2. The van der Waals surface area contributed by atoms with E-state index in [0.29, 0.717) is 5.96 Å². The van der Waals surface area contributed by atoms with E-state index in [-0.39, 0.29) is 24.0 Å². The summed E-state index contributed by atoms with van der Waals surface area (Å²) in [5.41, 5.74) is 8.30. The van der Waals surface area contributed by atoms with E-state index in [2.05, 4.69) is 46.1 Å². The molecule has 0 spiro atoms. The first-order chi connectivity index (χ1) is 11.7. The molecule has 0 atom stereocenters. The summed E-state index contributed by atoms with van der Waals surface area (Å²) in [7, 11) is 0. The molecule has 0 radical (unpaired) electrons. The van der Waals surface area contributed by atoms with Crippen molar-refractivity contribution in [2.24, 2.45) is 10.7 Å². The Labute approximate surface area is 170 Å². The zero-order chi connectivity index (χ0) is 17.2. The van der Waals surface area contributed by atoms with Crippen LogP contribution in [0.15, 0.2) is 29.3 Å². The number of benzene rings is 1. The summed E-state index contributed by atoms with van der Waals surface area (Å²) in [4.78, 5) is 9.52. The monoisotopic (exact) mass is 459 g/mol. The highest BCUT2D eigenvalue weighted by Crippen LogP contribution is 2.10. The van der Waals surface area contributed by atoms with Gasteiger partial charge in [0.15, 0.2) is 5.96 Å². The Balaban J connectivity index is 0.00000312. The molecule has 0 bridgehead atoms. The molecule has 0 aromatic heterocycles. The normalized spacial score (nSPS) is 16.5. The number of anilines is 1. The summed E-state index contributed by atoms with van der Waals surface area (Å²) < 4.78 is 0. The molecule has 3 N–H and O–H groups in total. The Morgan fingerprint density at radius 2 is 1.84 bits per heavy atom. The third-order valence-electron chi connectivity index (χ3n) is 4.68. The number of guanidine groups is 1. The lowest BCUT2D eigenvalue weighted by Gasteiger charge is -2.33. The SMILES string of the molecule is CCc1cccc(NC(N)=NCCCCN2CCN(CC)CC2)c1.I. The van der Waals surface area contributed by atoms with Crippen LogP contribution in [0.4, 0.5) is 5.69 Å². The lowest BCUT2D eigenvalue weighted by Crippen LogP contribution is -2.46. The van der Waals surface area contributed by atoms with Crippen molar-refractivity contribution >= 4 is 35.6 Å². The van der Waals surface area contributed by atoms with Gasteiger partial charge in [0.05, 0.1) is 0 Å². The Hall–Kier alpha value is -0.860. The fourth-order valence-corrected chi connectivity index (χ4v) is 3.03. The zero-order valence-electron chi connectivity index (χ0n) is 15.7. The van der Waals surface area contributed by atoms with Crippen molar-refractivity contribution in [3.8, 4) is 0 Å². The van der Waals surface area contributed by atoms with E-state index < -0.39 is 0 Å². The number of piperazine rings is 1. The van der Waals surface area contributed by atoms with Gasteiger partial charge in [-0.3, -0.25) is 4.99 Å². The molecule has 1 fully saturated rings. The summed E-state index contributed by atoms with van der Waals surface area (Å²) in [6.07, 6.45) is 3.30. The van der Waals surface area contributed by atoms with Crippen LogP contribution in [0.2, 0.25) is 0 Å². The van der Waals surface area contributed by atoms with Crippen LogP contribution in [0, 0.1) is 0 Å². The number of hydrogen-bond acceptors (Lipinski definition) is 3. The third-order valence-corrected chi connectivity index (χ3v) is 4.68. The molecular formula is C19H34IN5. The molecule has 5 nitrogen and oxygen atoms in total. The number of aliphatic imine (C=N–C) groups is 1. The average Bonchev–Trinajstić information content (AvgIpc) is 2.62. The van der Waals surface area contributed by atoms with E-state index >= 15 is 0 Å². The van der Waals surface area contributed by atoms with Crippen molar-refractivity contribution in [1.29, 1.82) is 0 Å². The minimum absolute atomic E-state index is 0. The number of unbranched alkanes of at least 4 members (excludes halogenated alkanes) is 1. The number of likely N-dealkylation sites (N-methyl/N-ethyl adjacent to an activating group) is 1. The number of nitrogens with zero attached hydrogens (tertiary/aromatic N) is 3. The second kappa shape index (κ2) is 12.5. The molecule has 1 heterocycles. The van der Waals surface area contributed by atoms with Crippen LogP contribution in [0.25, 0.3) is 0 Å². The summed E-state index contributed by atoms with van der Waals surface area (Å²) in [5.74, 6) is 0.514. The van der Waals surface area contributed by atoms with Crippen LogP contribution in [-0.4, -0.2) is 61.6 Å². The van der Waals surface area contributed by atoms with E-state index in [4.69, 9.17) is 5.73 Å². The van der Waals surface area contributed by atoms with Gasteiger partial charge in [0.2, 0.25) is 0 Å². The molecular weight excluding hydrogens is 425 g/mol. The van der Waals surface area contributed by atoms with Gasteiger partial charge >= 0.3 is 0 Å². The molecule has 1 aliphatic rings. The summed E-state index contributed by atoms with van der Waals surface area (Å²) in [6.45, 7) is 12.4. The molecule has 1 aliphatic heterocycles.